The quantitative estimate of drug-likeness (QED) is 0.411. The molecule has 6 nitrogen and oxygen atoms in total. The average molecular weight is 479 g/mol. The minimum atomic E-state index is -0.232. The molecule has 1 N–H and O–H groups in total. The number of nitrogens with zero attached hydrogens (tertiary/aromatic N) is 1. The fourth-order valence-electron chi connectivity index (χ4n) is 5.04. The van der Waals surface area contributed by atoms with Gasteiger partial charge in [0.2, 0.25) is 11.8 Å². The molecule has 1 aliphatic heterocycles. The van der Waals surface area contributed by atoms with Crippen molar-refractivity contribution in [1.29, 1.82) is 0 Å². The largest absolute Gasteiger partial charge is 0.441 e. The minimum Gasteiger partial charge on any atom is -0.441 e. The van der Waals surface area contributed by atoms with Crippen LogP contribution < -0.4 is 5.32 Å². The van der Waals surface area contributed by atoms with Crippen LogP contribution in [0, 0.1) is 5.92 Å². The van der Waals surface area contributed by atoms with Gasteiger partial charge < -0.3 is 9.15 Å². The van der Waals surface area contributed by atoms with Crippen molar-refractivity contribution in [2.45, 2.75) is 69.8 Å². The van der Waals surface area contributed by atoms with Crippen LogP contribution in [-0.4, -0.2) is 27.5 Å². The number of hydrogen-bond acceptors (Lipinski definition) is 6. The zero-order chi connectivity index (χ0) is 23.5. The van der Waals surface area contributed by atoms with Crippen LogP contribution >= 0.6 is 11.8 Å². The molecule has 2 amide bonds. The summed E-state index contributed by atoms with van der Waals surface area (Å²) in [5, 5.41) is 4.29. The van der Waals surface area contributed by atoms with Crippen molar-refractivity contribution in [1.82, 2.24) is 10.3 Å². The van der Waals surface area contributed by atoms with Gasteiger partial charge in [-0.1, -0.05) is 61.9 Å². The van der Waals surface area contributed by atoms with Gasteiger partial charge in [-0.25, -0.2) is 4.98 Å². The van der Waals surface area contributed by atoms with Gasteiger partial charge >= 0.3 is 0 Å². The second-order valence-corrected chi connectivity index (χ2v) is 10.4. The normalized spacial score (nSPS) is 22.9. The van der Waals surface area contributed by atoms with E-state index in [0.29, 0.717) is 18.4 Å². The number of amides is 2. The summed E-state index contributed by atoms with van der Waals surface area (Å²) >= 11 is 1.13. The van der Waals surface area contributed by atoms with Gasteiger partial charge in [-0.15, -0.1) is 0 Å². The molecule has 1 saturated carbocycles. The molecule has 1 aromatic heterocycles. The summed E-state index contributed by atoms with van der Waals surface area (Å²) in [7, 11) is 0. The number of aryl methyl sites for hydroxylation is 1. The zero-order valence-corrected chi connectivity index (χ0v) is 20.2. The lowest BCUT2D eigenvalue weighted by atomic mass is 9.84. The maximum Gasteiger partial charge on any atom is 0.286 e. The Morgan fingerprint density at radius 1 is 1.12 bits per heavy atom. The monoisotopic (exact) mass is 478 g/mol. The van der Waals surface area contributed by atoms with Crippen LogP contribution in [0.5, 0.6) is 0 Å². The summed E-state index contributed by atoms with van der Waals surface area (Å²) in [6.45, 7) is 2.53. The molecular weight excluding hydrogens is 448 g/mol. The number of imide groups is 1. The molecule has 3 aromatic rings. The molecule has 1 aliphatic carbocycles. The lowest BCUT2D eigenvalue weighted by molar-refractivity contribution is -0.119. The number of benzene rings is 2. The average Bonchev–Trinajstić information content (AvgIpc) is 3.43. The second kappa shape index (κ2) is 10.3. The highest BCUT2D eigenvalue weighted by Crippen LogP contribution is 2.34. The number of aromatic nitrogens is 1. The number of oxazole rings is 1. The standard InChI is InChI=1S/C27H30N2O4S/c1-2-23-22(28-26(33-23)20-12-11-18-7-3-4-8-19(18)15-20)16-32-21-9-5-6-17(14-21)10-13-24-25(30)29-27(31)34-24/h3-4,7-8,11-12,15,17,21,24H,2,5-6,9-10,13-14,16H2,1H3,(H,29,30,31)/t17-,21?,24?/m0/s1. The molecule has 2 unspecified atom stereocenters. The lowest BCUT2D eigenvalue weighted by Gasteiger charge is -2.29. The summed E-state index contributed by atoms with van der Waals surface area (Å²) in [6.07, 6.45) is 6.98. The van der Waals surface area contributed by atoms with Crippen LogP contribution in [-0.2, 0) is 22.6 Å². The Morgan fingerprint density at radius 2 is 1.97 bits per heavy atom. The lowest BCUT2D eigenvalue weighted by Crippen LogP contribution is -2.26. The first kappa shape index (κ1) is 23.1. The van der Waals surface area contributed by atoms with Crippen molar-refractivity contribution >= 4 is 33.7 Å². The third kappa shape index (κ3) is 5.20. The van der Waals surface area contributed by atoms with E-state index in [-0.39, 0.29) is 22.5 Å². The Bertz CT molecular complexity index is 1190. The fourth-order valence-corrected chi connectivity index (χ4v) is 5.88. The first-order valence-electron chi connectivity index (χ1n) is 12.2. The van der Waals surface area contributed by atoms with E-state index < -0.39 is 0 Å². The summed E-state index contributed by atoms with van der Waals surface area (Å²) < 4.78 is 12.4. The second-order valence-electron chi connectivity index (χ2n) is 9.23. The maximum absolute atomic E-state index is 11.8. The predicted octanol–water partition coefficient (Wildman–Crippen LogP) is 6.26. The molecular formula is C27H30N2O4S. The van der Waals surface area contributed by atoms with Gasteiger partial charge in [0.05, 0.1) is 18.0 Å². The minimum absolute atomic E-state index is 0.140. The van der Waals surface area contributed by atoms with Gasteiger partial charge in [0.1, 0.15) is 11.5 Å². The van der Waals surface area contributed by atoms with Crippen molar-refractivity contribution in [2.24, 2.45) is 5.92 Å². The summed E-state index contributed by atoms with van der Waals surface area (Å²) in [4.78, 5) is 28.0. The molecule has 34 heavy (non-hydrogen) atoms. The maximum atomic E-state index is 11.8. The molecule has 3 atom stereocenters. The fraction of sp³-hybridized carbons (Fsp3) is 0.444. The van der Waals surface area contributed by atoms with E-state index in [1.54, 1.807) is 0 Å². The molecule has 0 spiro atoms. The van der Waals surface area contributed by atoms with Crippen LogP contribution in [0.1, 0.15) is 56.9 Å². The van der Waals surface area contributed by atoms with Crippen LogP contribution in [0.3, 0.4) is 0 Å². The molecule has 2 heterocycles. The van der Waals surface area contributed by atoms with Crippen molar-refractivity contribution < 1.29 is 18.7 Å². The number of thioether (sulfide) groups is 1. The van der Waals surface area contributed by atoms with Crippen molar-refractivity contribution in [3.8, 4) is 11.5 Å². The molecule has 2 aliphatic rings. The Morgan fingerprint density at radius 3 is 2.76 bits per heavy atom. The van der Waals surface area contributed by atoms with E-state index in [4.69, 9.17) is 14.1 Å². The van der Waals surface area contributed by atoms with Crippen molar-refractivity contribution in [3.63, 3.8) is 0 Å². The topological polar surface area (TPSA) is 81.4 Å². The summed E-state index contributed by atoms with van der Waals surface area (Å²) in [6, 6.07) is 14.6. The van der Waals surface area contributed by atoms with Gasteiger partial charge in [-0.2, -0.15) is 0 Å². The highest BCUT2D eigenvalue weighted by molar-refractivity contribution is 8.15. The van der Waals surface area contributed by atoms with Crippen molar-refractivity contribution in [2.75, 3.05) is 0 Å². The molecule has 1 saturated heterocycles. The first-order valence-corrected chi connectivity index (χ1v) is 13.1. The van der Waals surface area contributed by atoms with Crippen LogP contribution in [0.25, 0.3) is 22.2 Å². The molecule has 5 rings (SSSR count). The van der Waals surface area contributed by atoms with E-state index in [1.165, 1.54) is 10.8 Å². The van der Waals surface area contributed by atoms with Gasteiger partial charge in [0.25, 0.3) is 5.24 Å². The first-order chi connectivity index (χ1) is 16.6. The summed E-state index contributed by atoms with van der Waals surface area (Å²) in [5.41, 5.74) is 1.86. The predicted molar refractivity (Wildman–Crippen MR) is 134 cm³/mol. The number of hydrogen-bond donors (Lipinski definition) is 1. The zero-order valence-electron chi connectivity index (χ0n) is 19.4. The molecule has 2 fully saturated rings. The number of carbonyl (C=O) groups is 2. The van der Waals surface area contributed by atoms with Gasteiger partial charge in [0.15, 0.2) is 0 Å². The third-order valence-electron chi connectivity index (χ3n) is 6.89. The van der Waals surface area contributed by atoms with E-state index in [9.17, 15) is 9.59 Å². The summed E-state index contributed by atoms with van der Waals surface area (Å²) in [5.74, 6) is 1.91. The van der Waals surface area contributed by atoms with Crippen LogP contribution in [0.4, 0.5) is 4.79 Å². The number of nitrogens with one attached hydrogen (secondary N) is 1. The van der Waals surface area contributed by atoms with Crippen molar-refractivity contribution in [3.05, 3.63) is 53.9 Å². The molecule has 178 valence electrons. The SMILES string of the molecule is CCc1oc(-c2ccc3ccccc3c2)nc1COC1CCC[C@@H](CCC2SC(=O)NC2=O)C1. The number of ether oxygens (including phenoxy) is 1. The van der Waals surface area contributed by atoms with Gasteiger partial charge in [0, 0.05) is 12.0 Å². The molecule has 7 heteroatoms. The molecule has 0 radical (unpaired) electrons. The van der Waals surface area contributed by atoms with E-state index >= 15 is 0 Å². The molecule has 2 aromatic carbocycles. The Kier molecular flexibility index (Phi) is 7.02. The smallest absolute Gasteiger partial charge is 0.286 e. The number of fused-ring (bicyclic) bond motifs is 1. The van der Waals surface area contributed by atoms with Crippen LogP contribution in [0.15, 0.2) is 46.9 Å². The Hall–Kier alpha value is -2.64. The van der Waals surface area contributed by atoms with Gasteiger partial charge in [-0.3, -0.25) is 14.9 Å². The van der Waals surface area contributed by atoms with E-state index in [0.717, 1.165) is 73.7 Å². The number of carbonyl (C=O) groups excluding carboxylic acids is 2. The highest BCUT2D eigenvalue weighted by atomic mass is 32.2. The third-order valence-corrected chi connectivity index (χ3v) is 7.94. The van der Waals surface area contributed by atoms with E-state index in [1.807, 2.05) is 12.1 Å². The van der Waals surface area contributed by atoms with E-state index in [2.05, 4.69) is 42.6 Å². The Labute approximate surface area is 203 Å². The Balaban J connectivity index is 1.19. The highest BCUT2D eigenvalue weighted by Gasteiger charge is 2.32. The van der Waals surface area contributed by atoms with Gasteiger partial charge in [-0.05, 0) is 54.5 Å². The van der Waals surface area contributed by atoms with Crippen LogP contribution in [0.2, 0.25) is 0 Å². The molecule has 0 bridgehead atoms. The number of rotatable bonds is 8.